The summed E-state index contributed by atoms with van der Waals surface area (Å²) in [6.45, 7) is 2.79. The van der Waals surface area contributed by atoms with Gasteiger partial charge in [-0.25, -0.2) is 4.79 Å². The summed E-state index contributed by atoms with van der Waals surface area (Å²) in [7, 11) is -4.86. The van der Waals surface area contributed by atoms with Crippen LogP contribution in [0.2, 0.25) is 0 Å². The number of imide groups is 1. The number of rotatable bonds is 1. The number of aliphatic hydroxyl groups is 2. The van der Waals surface area contributed by atoms with Gasteiger partial charge in [-0.1, -0.05) is 17.7 Å². The Morgan fingerprint density at radius 3 is 2.80 bits per heavy atom. The van der Waals surface area contributed by atoms with Crippen molar-refractivity contribution in [3.8, 4) is 0 Å². The Balaban J connectivity index is 1.44. The Hall–Kier alpha value is -1.63. The quantitative estimate of drug-likeness (QED) is 0.393. The van der Waals surface area contributed by atoms with Gasteiger partial charge in [0.15, 0.2) is 0 Å². The number of nitrogens with one attached hydrogen (secondary N) is 1. The third-order valence-corrected chi connectivity index (χ3v) is 9.45. The van der Waals surface area contributed by atoms with E-state index in [2.05, 4.69) is 5.32 Å². The van der Waals surface area contributed by atoms with Crippen molar-refractivity contribution >= 4 is 19.8 Å². The number of ether oxygens (including phenoxy) is 2. The van der Waals surface area contributed by atoms with Gasteiger partial charge in [0.25, 0.3) is 7.82 Å². The fourth-order valence-electron chi connectivity index (χ4n) is 6.92. The minimum atomic E-state index is -4.86. The number of hydrogen-bond acceptors (Lipinski definition) is 10. The maximum absolute atomic E-state index is 13.1. The fraction of sp³-hybridized carbons (Fsp3) is 0.727. The van der Waals surface area contributed by atoms with E-state index in [-0.39, 0.29) is 30.6 Å². The highest BCUT2D eigenvalue weighted by molar-refractivity contribution is 7.45. The predicted molar refractivity (Wildman–Crippen MR) is 114 cm³/mol. The first-order valence-corrected chi connectivity index (χ1v) is 13.3. The largest absolute Gasteiger partial charge is 0.756 e. The first-order chi connectivity index (χ1) is 16.5. The number of hydrogen-bond donors (Lipinski definition) is 3. The molecule has 0 aromatic heterocycles. The molecule has 13 heteroatoms. The maximum atomic E-state index is 13.1. The summed E-state index contributed by atoms with van der Waals surface area (Å²) in [4.78, 5) is 40.2. The van der Waals surface area contributed by atoms with Gasteiger partial charge in [-0.05, 0) is 19.4 Å². The lowest BCUT2D eigenvalue weighted by molar-refractivity contribution is -0.234. The highest BCUT2D eigenvalue weighted by Crippen LogP contribution is 2.61. The SMILES string of the molecule is CC1=CC2=C[C@H]3[C@@H]1[C@@]1(C)C(=O)NC(=O)N([C@@H]31)[C@H]1C[C@@H](OP(=O)([O-])OC[C@H]3O[C@@H]2C[C@H]3O)[C@@H](CO)O1. The van der Waals surface area contributed by atoms with Crippen LogP contribution in [-0.4, -0.2) is 83.1 Å². The number of phosphoric acid groups is 1. The van der Waals surface area contributed by atoms with Crippen molar-refractivity contribution in [1.82, 2.24) is 10.2 Å². The second-order valence-electron chi connectivity index (χ2n) is 10.4. The zero-order valence-corrected chi connectivity index (χ0v) is 20.1. The predicted octanol–water partition coefficient (Wildman–Crippen LogP) is -0.445. The minimum absolute atomic E-state index is 0.0387. The van der Waals surface area contributed by atoms with Crippen LogP contribution in [0.3, 0.4) is 0 Å². The molecule has 35 heavy (non-hydrogen) atoms. The molecule has 0 spiro atoms. The number of phosphoric ester groups is 1. The molecule has 6 rings (SSSR count). The van der Waals surface area contributed by atoms with Gasteiger partial charge < -0.3 is 33.6 Å². The zero-order valence-electron chi connectivity index (χ0n) is 19.2. The van der Waals surface area contributed by atoms with Crippen LogP contribution >= 0.6 is 7.82 Å². The van der Waals surface area contributed by atoms with Crippen LogP contribution in [0.5, 0.6) is 0 Å². The molecule has 4 aliphatic heterocycles. The van der Waals surface area contributed by atoms with E-state index in [0.29, 0.717) is 0 Å². The molecule has 11 atom stereocenters. The first-order valence-electron chi connectivity index (χ1n) is 11.8. The third-order valence-electron chi connectivity index (χ3n) is 8.45. The van der Waals surface area contributed by atoms with Gasteiger partial charge >= 0.3 is 6.03 Å². The van der Waals surface area contributed by atoms with Gasteiger partial charge in [-0.2, -0.15) is 0 Å². The molecule has 6 aliphatic rings. The van der Waals surface area contributed by atoms with E-state index in [1.54, 1.807) is 0 Å². The molecule has 2 aliphatic carbocycles. The Bertz CT molecular complexity index is 1080. The van der Waals surface area contributed by atoms with Crippen molar-refractivity contribution in [2.45, 2.75) is 69.5 Å². The lowest BCUT2D eigenvalue weighted by atomic mass is 9.46. The second kappa shape index (κ2) is 7.93. The van der Waals surface area contributed by atoms with Crippen LogP contribution in [0, 0.1) is 17.3 Å². The molecule has 192 valence electrons. The highest BCUT2D eigenvalue weighted by atomic mass is 31.2. The summed E-state index contributed by atoms with van der Waals surface area (Å²) in [5.41, 5.74) is 0.839. The van der Waals surface area contributed by atoms with E-state index >= 15 is 0 Å². The minimum Gasteiger partial charge on any atom is -0.756 e. The van der Waals surface area contributed by atoms with Crippen molar-refractivity contribution < 1.29 is 47.8 Å². The van der Waals surface area contributed by atoms with Crippen molar-refractivity contribution in [2.75, 3.05) is 13.2 Å². The number of amides is 3. The van der Waals surface area contributed by atoms with E-state index in [1.165, 1.54) is 4.90 Å². The summed E-state index contributed by atoms with van der Waals surface area (Å²) in [6, 6.07) is -1.20. The third kappa shape index (κ3) is 3.42. The molecule has 0 aromatic rings. The average molecular weight is 511 g/mol. The van der Waals surface area contributed by atoms with Crippen LogP contribution in [-0.2, 0) is 27.9 Å². The van der Waals surface area contributed by atoms with Crippen LogP contribution in [0.15, 0.2) is 23.3 Å². The molecule has 3 N–H and O–H groups in total. The van der Waals surface area contributed by atoms with E-state index in [4.69, 9.17) is 18.5 Å². The molecular formula is C22H28N2O10P-. The van der Waals surface area contributed by atoms with Crippen molar-refractivity contribution in [3.05, 3.63) is 23.3 Å². The summed E-state index contributed by atoms with van der Waals surface area (Å²) >= 11 is 0. The summed E-state index contributed by atoms with van der Waals surface area (Å²) in [6.07, 6.45) is -1.22. The van der Waals surface area contributed by atoms with E-state index in [9.17, 15) is 29.3 Å². The van der Waals surface area contributed by atoms with Crippen LogP contribution < -0.4 is 10.2 Å². The molecule has 3 amide bonds. The molecule has 4 fully saturated rings. The monoisotopic (exact) mass is 511 g/mol. The Labute approximate surface area is 201 Å². The summed E-state index contributed by atoms with van der Waals surface area (Å²) < 4.78 is 34.7. The van der Waals surface area contributed by atoms with E-state index in [0.717, 1.165) is 11.1 Å². The van der Waals surface area contributed by atoms with Gasteiger partial charge in [-0.15, -0.1) is 0 Å². The number of fused-ring (bicyclic) bond motifs is 7. The lowest BCUT2D eigenvalue weighted by Crippen LogP contribution is -2.78. The molecule has 4 heterocycles. The molecule has 12 nitrogen and oxygen atoms in total. The second-order valence-corrected chi connectivity index (χ2v) is 11.8. The van der Waals surface area contributed by atoms with Crippen molar-refractivity contribution in [2.24, 2.45) is 17.3 Å². The molecule has 0 radical (unpaired) electrons. The summed E-state index contributed by atoms with van der Waals surface area (Å²) in [5, 5.41) is 22.8. The number of carbonyl (C=O) groups is 2. The van der Waals surface area contributed by atoms with E-state index in [1.807, 2.05) is 26.0 Å². The first kappa shape index (κ1) is 23.7. The average Bonchev–Trinajstić information content (AvgIpc) is 3.35. The maximum Gasteiger partial charge on any atom is 0.326 e. The molecule has 3 saturated heterocycles. The Kier molecular flexibility index (Phi) is 5.38. The number of urea groups is 1. The molecule has 1 saturated carbocycles. The highest BCUT2D eigenvalue weighted by Gasteiger charge is 2.70. The molecule has 0 aromatic carbocycles. The van der Waals surface area contributed by atoms with Crippen molar-refractivity contribution in [3.63, 3.8) is 0 Å². The Morgan fingerprint density at radius 2 is 2.06 bits per heavy atom. The molecular weight excluding hydrogens is 483 g/mol. The number of allylic oxidation sites excluding steroid dienone is 1. The normalized spacial score (nSPS) is 51.0. The molecule has 1 unspecified atom stereocenters. The van der Waals surface area contributed by atoms with Gasteiger partial charge in [0.1, 0.15) is 18.4 Å². The van der Waals surface area contributed by atoms with Crippen LogP contribution in [0.25, 0.3) is 0 Å². The van der Waals surface area contributed by atoms with Gasteiger partial charge in [0, 0.05) is 24.7 Å². The molecule has 6 bridgehead atoms. The number of carbonyl (C=O) groups excluding carboxylic acids is 2. The van der Waals surface area contributed by atoms with Crippen LogP contribution in [0.1, 0.15) is 26.7 Å². The van der Waals surface area contributed by atoms with Gasteiger partial charge in [-0.3, -0.25) is 19.6 Å². The summed E-state index contributed by atoms with van der Waals surface area (Å²) in [5.74, 6) is -0.739. The van der Waals surface area contributed by atoms with Gasteiger partial charge in [0.2, 0.25) is 5.91 Å². The zero-order chi connectivity index (χ0) is 24.9. The van der Waals surface area contributed by atoms with Crippen LogP contribution in [0.4, 0.5) is 4.79 Å². The number of nitrogens with zero attached hydrogens (tertiary/aromatic N) is 1. The number of aliphatic hydroxyl groups excluding tert-OH is 2. The van der Waals surface area contributed by atoms with E-state index < -0.39 is 75.3 Å². The standard InChI is InChI=1S/C22H29N2O10P/c1-9-3-10-4-11-18(9)22(2)19(11)24(21(28)23-20(22)27)17-6-14(15(7-25)33-17)34-35(29,30)31-8-16-12(26)5-13(10)32-16/h3-4,11-19,25-26H,5-8H2,1-2H3,(H,29,30)(H,23,27,28)/p-1/t11-,12+,13+,14+,15+,16+,17+,18+,19-,22+/m0/s1. The smallest absolute Gasteiger partial charge is 0.326 e. The van der Waals surface area contributed by atoms with Crippen molar-refractivity contribution in [1.29, 1.82) is 0 Å². The Morgan fingerprint density at radius 1 is 1.29 bits per heavy atom. The topological polar surface area (TPSA) is 167 Å². The lowest BCUT2D eigenvalue weighted by Gasteiger charge is -2.65. The van der Waals surface area contributed by atoms with Gasteiger partial charge in [0.05, 0.1) is 43.0 Å². The fourth-order valence-corrected chi connectivity index (χ4v) is 7.86.